The van der Waals surface area contributed by atoms with Crippen LogP contribution in [0.2, 0.25) is 0 Å². The molecule has 0 amide bonds. The van der Waals surface area contributed by atoms with Crippen molar-refractivity contribution < 1.29 is 14.2 Å². The van der Waals surface area contributed by atoms with Gasteiger partial charge in [0.1, 0.15) is 0 Å². The number of hydrogen-bond acceptors (Lipinski definition) is 5. The largest absolute Gasteiger partial charge is 0.492 e. The lowest BCUT2D eigenvalue weighted by molar-refractivity contribution is 0.326. The van der Waals surface area contributed by atoms with Crippen LogP contribution in [0.25, 0.3) is 5.69 Å². The molecule has 0 aromatic carbocycles. The molecular weight excluding hydrogens is 257 g/mol. The standard InChI is InChI=1S/C11H10FN3O4/c1-2-19-7-4-3-6(5-13-7)15-10(17)8(12)9(16)14-11(15)18/h3-5,17H,2H2,1H3,(H,14,16,18). The third kappa shape index (κ3) is 2.32. The number of H-pyrrole nitrogens is 1. The monoisotopic (exact) mass is 267 g/mol. The van der Waals surface area contributed by atoms with Crippen molar-refractivity contribution in [2.75, 3.05) is 6.61 Å². The molecule has 8 heteroatoms. The second-order valence-corrected chi connectivity index (χ2v) is 3.52. The van der Waals surface area contributed by atoms with Crippen LogP contribution in [0.15, 0.2) is 27.9 Å². The van der Waals surface area contributed by atoms with Crippen LogP contribution in [-0.2, 0) is 0 Å². The number of hydrogen-bond donors (Lipinski definition) is 2. The zero-order valence-corrected chi connectivity index (χ0v) is 9.88. The van der Waals surface area contributed by atoms with Crippen molar-refractivity contribution in [3.05, 3.63) is 45.0 Å². The summed E-state index contributed by atoms with van der Waals surface area (Å²) in [5.41, 5.74) is -2.14. The van der Waals surface area contributed by atoms with Gasteiger partial charge >= 0.3 is 5.69 Å². The van der Waals surface area contributed by atoms with E-state index in [1.807, 2.05) is 0 Å². The molecule has 7 nitrogen and oxygen atoms in total. The number of nitrogens with zero attached hydrogens (tertiary/aromatic N) is 2. The number of pyridine rings is 1. The van der Waals surface area contributed by atoms with Crippen LogP contribution in [0.3, 0.4) is 0 Å². The van der Waals surface area contributed by atoms with Crippen molar-refractivity contribution >= 4 is 0 Å². The van der Waals surface area contributed by atoms with Crippen LogP contribution in [0.1, 0.15) is 6.92 Å². The maximum absolute atomic E-state index is 13.3. The first-order valence-electron chi connectivity index (χ1n) is 5.37. The van der Waals surface area contributed by atoms with Gasteiger partial charge in [0, 0.05) is 6.07 Å². The first-order chi connectivity index (χ1) is 9.04. The highest BCUT2D eigenvalue weighted by atomic mass is 19.1. The third-order valence-corrected chi connectivity index (χ3v) is 2.30. The Balaban J connectivity index is 2.56. The predicted molar refractivity (Wildman–Crippen MR) is 63.2 cm³/mol. The maximum atomic E-state index is 13.3. The summed E-state index contributed by atoms with van der Waals surface area (Å²) in [7, 11) is 0. The number of nitrogens with one attached hydrogen (secondary N) is 1. The highest BCUT2D eigenvalue weighted by Gasteiger charge is 2.15. The Kier molecular flexibility index (Phi) is 3.32. The first kappa shape index (κ1) is 12.8. The third-order valence-electron chi connectivity index (χ3n) is 2.30. The molecule has 2 aromatic rings. The van der Waals surface area contributed by atoms with Crippen molar-refractivity contribution in [1.82, 2.24) is 14.5 Å². The van der Waals surface area contributed by atoms with Gasteiger partial charge in [0.2, 0.25) is 17.6 Å². The van der Waals surface area contributed by atoms with E-state index in [0.717, 1.165) is 0 Å². The lowest BCUT2D eigenvalue weighted by atomic mass is 10.4. The van der Waals surface area contributed by atoms with E-state index in [9.17, 15) is 19.1 Å². The Morgan fingerprint density at radius 1 is 1.47 bits per heavy atom. The SMILES string of the molecule is CCOc1ccc(-n2c(O)c(F)c(=O)[nH]c2=O)cn1. The maximum Gasteiger partial charge on any atom is 0.335 e. The molecule has 100 valence electrons. The highest BCUT2D eigenvalue weighted by Crippen LogP contribution is 2.16. The molecule has 0 atom stereocenters. The smallest absolute Gasteiger partial charge is 0.335 e. The first-order valence-corrected chi connectivity index (χ1v) is 5.37. The van der Waals surface area contributed by atoms with Crippen LogP contribution >= 0.6 is 0 Å². The summed E-state index contributed by atoms with van der Waals surface area (Å²) >= 11 is 0. The molecule has 19 heavy (non-hydrogen) atoms. The fourth-order valence-electron chi connectivity index (χ4n) is 1.48. The average Bonchev–Trinajstić information content (AvgIpc) is 2.38. The number of ether oxygens (including phenoxy) is 1. The summed E-state index contributed by atoms with van der Waals surface area (Å²) in [5.74, 6) is -2.18. The van der Waals surface area contributed by atoms with Gasteiger partial charge in [-0.3, -0.25) is 9.78 Å². The summed E-state index contributed by atoms with van der Waals surface area (Å²) in [5, 5.41) is 9.49. The van der Waals surface area contributed by atoms with Crippen molar-refractivity contribution in [2.45, 2.75) is 6.92 Å². The summed E-state index contributed by atoms with van der Waals surface area (Å²) in [6.07, 6.45) is 1.21. The summed E-state index contributed by atoms with van der Waals surface area (Å²) in [4.78, 5) is 28.1. The Morgan fingerprint density at radius 2 is 2.21 bits per heavy atom. The number of aromatic hydroxyl groups is 1. The Bertz CT molecular complexity index is 705. The highest BCUT2D eigenvalue weighted by molar-refractivity contribution is 5.35. The minimum atomic E-state index is -1.44. The van der Waals surface area contributed by atoms with E-state index in [-0.39, 0.29) is 5.69 Å². The number of halogens is 1. The number of aromatic nitrogens is 3. The van der Waals surface area contributed by atoms with E-state index >= 15 is 0 Å². The van der Waals surface area contributed by atoms with Crippen molar-refractivity contribution in [2.24, 2.45) is 0 Å². The van der Waals surface area contributed by atoms with Crippen molar-refractivity contribution in [3.63, 3.8) is 0 Å². The van der Waals surface area contributed by atoms with Gasteiger partial charge < -0.3 is 9.84 Å². The fraction of sp³-hybridized carbons (Fsp3) is 0.182. The summed E-state index contributed by atoms with van der Waals surface area (Å²) < 4.78 is 19.0. The topological polar surface area (TPSA) is 97.2 Å². The number of rotatable bonds is 3. The average molecular weight is 267 g/mol. The van der Waals surface area contributed by atoms with Gasteiger partial charge in [0.05, 0.1) is 18.5 Å². The zero-order chi connectivity index (χ0) is 14.0. The van der Waals surface area contributed by atoms with E-state index in [2.05, 4.69) is 4.98 Å². The molecule has 0 aliphatic heterocycles. The Hall–Kier alpha value is -2.64. The molecule has 0 aliphatic rings. The Labute approximate surface area is 105 Å². The van der Waals surface area contributed by atoms with E-state index < -0.39 is 22.9 Å². The molecule has 0 radical (unpaired) electrons. The van der Waals surface area contributed by atoms with Crippen LogP contribution in [0, 0.1) is 5.82 Å². The minimum absolute atomic E-state index is 0.0982. The second kappa shape index (κ2) is 4.92. The molecule has 0 saturated carbocycles. The molecule has 2 rings (SSSR count). The molecular formula is C11H10FN3O4. The minimum Gasteiger partial charge on any atom is -0.492 e. The summed E-state index contributed by atoms with van der Waals surface area (Å²) in [6, 6.07) is 2.85. The quantitative estimate of drug-likeness (QED) is 0.825. The van der Waals surface area contributed by atoms with E-state index in [1.54, 1.807) is 11.9 Å². The molecule has 0 fully saturated rings. The van der Waals surface area contributed by atoms with Gasteiger partial charge in [-0.1, -0.05) is 0 Å². The molecule has 0 saturated heterocycles. The normalized spacial score (nSPS) is 10.4. The van der Waals surface area contributed by atoms with Gasteiger partial charge in [0.25, 0.3) is 5.56 Å². The molecule has 2 N–H and O–H groups in total. The lowest BCUT2D eigenvalue weighted by Crippen LogP contribution is -2.30. The van der Waals surface area contributed by atoms with Gasteiger partial charge in [-0.2, -0.15) is 4.39 Å². The second-order valence-electron chi connectivity index (χ2n) is 3.52. The lowest BCUT2D eigenvalue weighted by Gasteiger charge is -2.08. The molecule has 0 bridgehead atoms. The van der Waals surface area contributed by atoms with Gasteiger partial charge in [0.15, 0.2) is 0 Å². The number of aromatic amines is 1. The zero-order valence-electron chi connectivity index (χ0n) is 9.88. The summed E-state index contributed by atoms with van der Waals surface area (Å²) in [6.45, 7) is 2.20. The van der Waals surface area contributed by atoms with E-state index in [1.165, 1.54) is 18.3 Å². The molecule has 0 unspecified atom stereocenters. The Morgan fingerprint density at radius 3 is 2.79 bits per heavy atom. The fourth-order valence-corrected chi connectivity index (χ4v) is 1.48. The molecule has 2 aromatic heterocycles. The van der Waals surface area contributed by atoms with Crippen LogP contribution in [0.5, 0.6) is 11.8 Å². The van der Waals surface area contributed by atoms with E-state index in [4.69, 9.17) is 4.74 Å². The van der Waals surface area contributed by atoms with Gasteiger partial charge in [-0.05, 0) is 13.0 Å². The molecule has 0 aliphatic carbocycles. The molecule has 2 heterocycles. The van der Waals surface area contributed by atoms with Crippen molar-refractivity contribution in [3.8, 4) is 17.4 Å². The predicted octanol–water partition coefficient (Wildman–Crippen LogP) is 0.164. The van der Waals surface area contributed by atoms with Gasteiger partial charge in [-0.25, -0.2) is 14.3 Å². The van der Waals surface area contributed by atoms with Crippen LogP contribution in [0.4, 0.5) is 4.39 Å². The molecule has 0 spiro atoms. The van der Waals surface area contributed by atoms with E-state index in [0.29, 0.717) is 17.1 Å². The van der Waals surface area contributed by atoms with Crippen LogP contribution < -0.4 is 16.0 Å². The van der Waals surface area contributed by atoms with Crippen LogP contribution in [-0.4, -0.2) is 26.2 Å². The van der Waals surface area contributed by atoms with Crippen molar-refractivity contribution in [1.29, 1.82) is 0 Å². The van der Waals surface area contributed by atoms with Gasteiger partial charge in [-0.15, -0.1) is 0 Å².